The summed E-state index contributed by atoms with van der Waals surface area (Å²) in [7, 11) is 1.59. The topological polar surface area (TPSA) is 76.2 Å². The third kappa shape index (κ3) is 4.66. The number of carbonyl (C=O) groups is 1. The summed E-state index contributed by atoms with van der Waals surface area (Å²) in [6.45, 7) is 0.313. The largest absolute Gasteiger partial charge is 0.497 e. The number of rotatable bonds is 6. The van der Waals surface area contributed by atoms with Crippen LogP contribution in [-0.2, 0) is 12.8 Å². The van der Waals surface area contributed by atoms with Gasteiger partial charge < -0.3 is 14.8 Å². The van der Waals surface area contributed by atoms with Gasteiger partial charge in [-0.05, 0) is 60.2 Å². The highest BCUT2D eigenvalue weighted by molar-refractivity contribution is 6.08. The van der Waals surface area contributed by atoms with Crippen LogP contribution in [-0.4, -0.2) is 23.2 Å². The Hall–Kier alpha value is -4.01. The molecule has 32 heavy (non-hydrogen) atoms. The molecule has 0 unspecified atom stereocenters. The van der Waals surface area contributed by atoms with Gasteiger partial charge in [-0.3, -0.25) is 9.89 Å². The molecule has 0 aliphatic carbocycles. The SMILES string of the molecule is COc1cccc(COc2ccc3[nH]nc(NC(=O)c4ccc(C(F)(F)F)cc4)c3c2)c1. The van der Waals surface area contributed by atoms with Gasteiger partial charge in [-0.1, -0.05) is 12.1 Å². The minimum atomic E-state index is -4.46. The zero-order valence-electron chi connectivity index (χ0n) is 16.9. The monoisotopic (exact) mass is 441 g/mol. The summed E-state index contributed by atoms with van der Waals surface area (Å²) in [5.74, 6) is 0.961. The lowest BCUT2D eigenvalue weighted by molar-refractivity contribution is -0.137. The van der Waals surface area contributed by atoms with E-state index in [0.717, 1.165) is 35.6 Å². The Morgan fingerprint density at radius 1 is 1.03 bits per heavy atom. The summed E-state index contributed by atoms with van der Waals surface area (Å²) in [5, 5.41) is 10.1. The van der Waals surface area contributed by atoms with E-state index in [2.05, 4.69) is 15.5 Å². The number of aromatic amines is 1. The molecular weight excluding hydrogens is 423 g/mol. The molecule has 0 bridgehead atoms. The van der Waals surface area contributed by atoms with Gasteiger partial charge in [0.25, 0.3) is 5.91 Å². The van der Waals surface area contributed by atoms with Crippen LogP contribution < -0.4 is 14.8 Å². The molecule has 0 fully saturated rings. The van der Waals surface area contributed by atoms with Crippen LogP contribution >= 0.6 is 0 Å². The van der Waals surface area contributed by atoms with Crippen LogP contribution in [0.3, 0.4) is 0 Å². The second kappa shape index (κ2) is 8.62. The maximum Gasteiger partial charge on any atom is 0.416 e. The highest BCUT2D eigenvalue weighted by Crippen LogP contribution is 2.30. The minimum Gasteiger partial charge on any atom is -0.497 e. The molecule has 0 spiro atoms. The molecule has 0 atom stereocenters. The summed E-state index contributed by atoms with van der Waals surface area (Å²) >= 11 is 0. The third-order valence-electron chi connectivity index (χ3n) is 4.78. The van der Waals surface area contributed by atoms with Gasteiger partial charge >= 0.3 is 6.18 Å². The van der Waals surface area contributed by atoms with Crippen LogP contribution in [0.15, 0.2) is 66.7 Å². The van der Waals surface area contributed by atoms with Crippen molar-refractivity contribution in [1.29, 1.82) is 0 Å². The first-order valence-corrected chi connectivity index (χ1v) is 9.56. The van der Waals surface area contributed by atoms with Gasteiger partial charge in [-0.15, -0.1) is 0 Å². The number of fused-ring (bicyclic) bond motifs is 1. The molecule has 0 aliphatic rings. The number of aromatic nitrogens is 2. The van der Waals surface area contributed by atoms with E-state index < -0.39 is 17.6 Å². The van der Waals surface area contributed by atoms with Gasteiger partial charge in [0.1, 0.15) is 18.1 Å². The molecule has 1 heterocycles. The van der Waals surface area contributed by atoms with E-state index in [-0.39, 0.29) is 11.4 Å². The van der Waals surface area contributed by atoms with Crippen molar-refractivity contribution in [3.8, 4) is 11.5 Å². The zero-order chi connectivity index (χ0) is 22.7. The van der Waals surface area contributed by atoms with Crippen LogP contribution in [0.1, 0.15) is 21.5 Å². The molecule has 9 heteroatoms. The van der Waals surface area contributed by atoms with Crippen molar-refractivity contribution in [1.82, 2.24) is 10.2 Å². The average Bonchev–Trinajstić information content (AvgIpc) is 3.19. The Bertz CT molecular complexity index is 1250. The van der Waals surface area contributed by atoms with Crippen LogP contribution in [0.5, 0.6) is 11.5 Å². The quantitative estimate of drug-likeness (QED) is 0.419. The highest BCUT2D eigenvalue weighted by atomic mass is 19.4. The number of alkyl halides is 3. The number of benzene rings is 3. The summed E-state index contributed by atoms with van der Waals surface area (Å²) in [5.41, 5.74) is 0.852. The number of carbonyl (C=O) groups excluding carboxylic acids is 1. The van der Waals surface area contributed by atoms with E-state index in [4.69, 9.17) is 9.47 Å². The van der Waals surface area contributed by atoms with Crippen LogP contribution in [0, 0.1) is 0 Å². The minimum absolute atomic E-state index is 0.0829. The van der Waals surface area contributed by atoms with Crippen LogP contribution in [0.25, 0.3) is 10.9 Å². The number of hydrogen-bond donors (Lipinski definition) is 2. The molecule has 1 aromatic heterocycles. The number of methoxy groups -OCH3 is 1. The fourth-order valence-corrected chi connectivity index (χ4v) is 3.10. The number of nitrogens with zero attached hydrogens (tertiary/aromatic N) is 1. The number of anilines is 1. The number of amides is 1. The molecule has 2 N–H and O–H groups in total. The van der Waals surface area contributed by atoms with Gasteiger partial charge in [0, 0.05) is 10.9 Å². The number of ether oxygens (including phenoxy) is 2. The second-order valence-electron chi connectivity index (χ2n) is 6.95. The van der Waals surface area contributed by atoms with E-state index in [0.29, 0.717) is 23.3 Å². The predicted octanol–water partition coefficient (Wildman–Crippen LogP) is 5.42. The molecule has 0 saturated heterocycles. The molecule has 1 amide bonds. The van der Waals surface area contributed by atoms with Crippen molar-refractivity contribution in [3.63, 3.8) is 0 Å². The first-order chi connectivity index (χ1) is 15.3. The highest BCUT2D eigenvalue weighted by Gasteiger charge is 2.30. The molecule has 0 aliphatic heterocycles. The molecular formula is C23H18F3N3O3. The standard InChI is InChI=1S/C23H18F3N3O3/c1-31-17-4-2-3-14(11-17)13-32-18-9-10-20-19(12-18)21(29-28-20)27-22(30)15-5-7-16(8-6-15)23(24,25)26/h2-12H,13H2,1H3,(H2,27,28,29,30). The maximum absolute atomic E-state index is 12.7. The fraction of sp³-hybridized carbons (Fsp3) is 0.130. The lowest BCUT2D eigenvalue weighted by Gasteiger charge is -2.09. The van der Waals surface area contributed by atoms with Crippen molar-refractivity contribution in [2.45, 2.75) is 12.8 Å². The summed E-state index contributed by atoms with van der Waals surface area (Å²) in [4.78, 5) is 12.5. The van der Waals surface area contributed by atoms with Gasteiger partial charge in [0.15, 0.2) is 5.82 Å². The lowest BCUT2D eigenvalue weighted by Crippen LogP contribution is -2.13. The van der Waals surface area contributed by atoms with Gasteiger partial charge in [-0.2, -0.15) is 18.3 Å². The Morgan fingerprint density at radius 2 is 1.81 bits per heavy atom. The first-order valence-electron chi connectivity index (χ1n) is 9.56. The van der Waals surface area contributed by atoms with Crippen LogP contribution in [0.4, 0.5) is 19.0 Å². The Kier molecular flexibility index (Phi) is 5.72. The van der Waals surface area contributed by atoms with E-state index in [1.165, 1.54) is 0 Å². The molecule has 4 aromatic rings. The molecule has 4 rings (SSSR count). The van der Waals surface area contributed by atoms with Crippen molar-refractivity contribution < 1.29 is 27.4 Å². The summed E-state index contributed by atoms with van der Waals surface area (Å²) in [6.07, 6.45) is -4.46. The second-order valence-corrected chi connectivity index (χ2v) is 6.95. The number of H-pyrrole nitrogens is 1. The normalized spacial score (nSPS) is 11.4. The summed E-state index contributed by atoms with van der Waals surface area (Å²) < 4.78 is 49.2. The average molecular weight is 441 g/mol. The Morgan fingerprint density at radius 3 is 2.53 bits per heavy atom. The van der Waals surface area contributed by atoms with Crippen molar-refractivity contribution >= 4 is 22.6 Å². The Balaban J connectivity index is 1.49. The zero-order valence-corrected chi connectivity index (χ0v) is 16.9. The Labute approximate surface area is 181 Å². The lowest BCUT2D eigenvalue weighted by atomic mass is 10.1. The number of hydrogen-bond acceptors (Lipinski definition) is 4. The smallest absolute Gasteiger partial charge is 0.416 e. The molecule has 0 saturated carbocycles. The van der Waals surface area contributed by atoms with Crippen molar-refractivity contribution in [2.24, 2.45) is 0 Å². The van der Waals surface area contributed by atoms with Gasteiger partial charge in [0.2, 0.25) is 0 Å². The molecule has 6 nitrogen and oxygen atoms in total. The van der Waals surface area contributed by atoms with E-state index in [1.54, 1.807) is 25.3 Å². The van der Waals surface area contributed by atoms with Crippen molar-refractivity contribution in [3.05, 3.63) is 83.4 Å². The maximum atomic E-state index is 12.7. The first kappa shape index (κ1) is 21.2. The van der Waals surface area contributed by atoms with E-state index in [1.807, 2.05) is 24.3 Å². The van der Waals surface area contributed by atoms with E-state index in [9.17, 15) is 18.0 Å². The van der Waals surface area contributed by atoms with Gasteiger partial charge in [0.05, 0.1) is 18.2 Å². The predicted molar refractivity (Wildman–Crippen MR) is 113 cm³/mol. The fourth-order valence-electron chi connectivity index (χ4n) is 3.10. The van der Waals surface area contributed by atoms with Crippen LogP contribution in [0.2, 0.25) is 0 Å². The number of nitrogens with one attached hydrogen (secondary N) is 2. The number of halogens is 3. The van der Waals surface area contributed by atoms with Crippen molar-refractivity contribution in [2.75, 3.05) is 12.4 Å². The molecule has 0 radical (unpaired) electrons. The third-order valence-corrected chi connectivity index (χ3v) is 4.78. The summed E-state index contributed by atoms with van der Waals surface area (Å²) in [6, 6.07) is 16.7. The molecule has 164 valence electrons. The van der Waals surface area contributed by atoms with Gasteiger partial charge in [-0.25, -0.2) is 0 Å². The van der Waals surface area contributed by atoms with E-state index >= 15 is 0 Å². The molecule has 3 aromatic carbocycles.